The summed E-state index contributed by atoms with van der Waals surface area (Å²) in [5, 5.41) is 0. The maximum atomic E-state index is 12.5. The largest absolute Gasteiger partial charge is 0.417 e. The molecule has 0 aliphatic carbocycles. The van der Waals surface area contributed by atoms with Gasteiger partial charge in [0.1, 0.15) is 5.82 Å². The molecule has 0 aromatic carbocycles. The third-order valence-corrected chi connectivity index (χ3v) is 4.52. The van der Waals surface area contributed by atoms with Crippen molar-refractivity contribution in [2.75, 3.05) is 50.4 Å². The Morgan fingerprint density at radius 3 is 2.38 bits per heavy atom. The van der Waals surface area contributed by atoms with Gasteiger partial charge in [-0.05, 0) is 25.1 Å². The molecule has 10 heteroatoms. The molecule has 1 aromatic rings. The molecule has 24 heavy (non-hydrogen) atoms. The van der Waals surface area contributed by atoms with E-state index in [9.17, 15) is 21.6 Å². The molecule has 0 bridgehead atoms. The van der Waals surface area contributed by atoms with Crippen LogP contribution in [0, 0.1) is 0 Å². The second kappa shape index (κ2) is 7.66. The summed E-state index contributed by atoms with van der Waals surface area (Å²) in [5.41, 5.74) is -0.747. The molecule has 0 amide bonds. The molecule has 1 aliphatic rings. The molecule has 136 valence electrons. The Morgan fingerprint density at radius 2 is 1.88 bits per heavy atom. The van der Waals surface area contributed by atoms with Gasteiger partial charge in [-0.1, -0.05) is 0 Å². The third kappa shape index (κ3) is 5.91. The summed E-state index contributed by atoms with van der Waals surface area (Å²) in [4.78, 5) is 8.06. The van der Waals surface area contributed by atoms with Crippen molar-refractivity contribution >= 4 is 15.8 Å². The zero-order valence-corrected chi connectivity index (χ0v) is 14.2. The van der Waals surface area contributed by atoms with Gasteiger partial charge in [0.2, 0.25) is 10.0 Å². The monoisotopic (exact) mass is 366 g/mol. The second-order valence-electron chi connectivity index (χ2n) is 5.75. The molecule has 1 aromatic heterocycles. The number of sulfonamides is 1. The summed E-state index contributed by atoms with van der Waals surface area (Å²) in [6.07, 6.45) is -1.67. The summed E-state index contributed by atoms with van der Waals surface area (Å²) in [7, 11) is -3.15. The Bertz CT molecular complexity index is 626. The van der Waals surface area contributed by atoms with E-state index in [1.54, 1.807) is 0 Å². The number of anilines is 1. The molecule has 0 saturated carbocycles. The molecule has 1 N–H and O–H groups in total. The highest BCUT2D eigenvalue weighted by Gasteiger charge is 2.31. The lowest BCUT2D eigenvalue weighted by Gasteiger charge is -2.35. The van der Waals surface area contributed by atoms with Crippen molar-refractivity contribution in [2.24, 2.45) is 0 Å². The first kappa shape index (κ1) is 18.9. The van der Waals surface area contributed by atoms with Gasteiger partial charge in [-0.25, -0.2) is 18.1 Å². The van der Waals surface area contributed by atoms with Gasteiger partial charge in [0.15, 0.2) is 0 Å². The SMILES string of the molecule is CS(=O)(=O)NCCCN1CCN(c2ccc(C(F)(F)F)cn2)CC1. The molecule has 0 radical (unpaired) electrons. The Hall–Kier alpha value is -1.39. The number of aromatic nitrogens is 1. The predicted molar refractivity (Wildman–Crippen MR) is 85.4 cm³/mol. The van der Waals surface area contributed by atoms with Crippen molar-refractivity contribution in [3.63, 3.8) is 0 Å². The van der Waals surface area contributed by atoms with E-state index in [-0.39, 0.29) is 0 Å². The Morgan fingerprint density at radius 1 is 1.21 bits per heavy atom. The topological polar surface area (TPSA) is 65.5 Å². The van der Waals surface area contributed by atoms with Crippen LogP contribution in [0.2, 0.25) is 0 Å². The van der Waals surface area contributed by atoms with Crippen LogP contribution in [0.15, 0.2) is 18.3 Å². The zero-order chi connectivity index (χ0) is 17.8. The van der Waals surface area contributed by atoms with Gasteiger partial charge in [0.05, 0.1) is 11.8 Å². The number of piperazine rings is 1. The van der Waals surface area contributed by atoms with Crippen molar-refractivity contribution in [3.05, 3.63) is 23.9 Å². The molecule has 0 atom stereocenters. The summed E-state index contributed by atoms with van der Waals surface area (Å²) in [6.45, 7) is 4.06. The van der Waals surface area contributed by atoms with Crippen molar-refractivity contribution in [2.45, 2.75) is 12.6 Å². The van der Waals surface area contributed by atoms with Gasteiger partial charge in [0.25, 0.3) is 0 Å². The van der Waals surface area contributed by atoms with E-state index in [0.29, 0.717) is 31.9 Å². The first-order chi connectivity index (χ1) is 11.1. The van der Waals surface area contributed by atoms with Crippen LogP contribution in [-0.2, 0) is 16.2 Å². The second-order valence-corrected chi connectivity index (χ2v) is 7.58. The quantitative estimate of drug-likeness (QED) is 0.766. The van der Waals surface area contributed by atoms with Crippen LogP contribution in [-0.4, -0.2) is 63.8 Å². The number of alkyl halides is 3. The van der Waals surface area contributed by atoms with Crippen LogP contribution < -0.4 is 9.62 Å². The molecular formula is C14H21F3N4O2S. The van der Waals surface area contributed by atoms with Gasteiger partial charge in [-0.15, -0.1) is 0 Å². The van der Waals surface area contributed by atoms with Crippen LogP contribution in [0.3, 0.4) is 0 Å². The van der Waals surface area contributed by atoms with E-state index in [1.807, 2.05) is 4.90 Å². The minimum Gasteiger partial charge on any atom is -0.354 e. The number of hydrogen-bond acceptors (Lipinski definition) is 5. The smallest absolute Gasteiger partial charge is 0.354 e. The number of pyridine rings is 1. The summed E-state index contributed by atoms with van der Waals surface area (Å²) >= 11 is 0. The Kier molecular flexibility index (Phi) is 6.05. The molecular weight excluding hydrogens is 345 g/mol. The molecule has 0 spiro atoms. The zero-order valence-electron chi connectivity index (χ0n) is 13.4. The highest BCUT2D eigenvalue weighted by molar-refractivity contribution is 7.88. The van der Waals surface area contributed by atoms with Crippen LogP contribution in [0.1, 0.15) is 12.0 Å². The maximum absolute atomic E-state index is 12.5. The van der Waals surface area contributed by atoms with E-state index in [1.165, 1.54) is 6.07 Å². The van der Waals surface area contributed by atoms with Gasteiger partial charge < -0.3 is 4.90 Å². The van der Waals surface area contributed by atoms with E-state index in [0.717, 1.165) is 38.2 Å². The average Bonchev–Trinajstić information content (AvgIpc) is 2.51. The molecule has 1 fully saturated rings. The molecule has 1 saturated heterocycles. The number of rotatable bonds is 6. The number of nitrogens with one attached hydrogen (secondary N) is 1. The fourth-order valence-corrected chi connectivity index (χ4v) is 3.02. The molecule has 0 unspecified atom stereocenters. The minimum atomic E-state index is -4.37. The van der Waals surface area contributed by atoms with Gasteiger partial charge >= 0.3 is 6.18 Å². The number of hydrogen-bond donors (Lipinski definition) is 1. The Labute approximate surface area is 139 Å². The highest BCUT2D eigenvalue weighted by atomic mass is 32.2. The summed E-state index contributed by atoms with van der Waals surface area (Å²) in [6, 6.07) is 2.44. The van der Waals surface area contributed by atoms with Crippen molar-refractivity contribution in [3.8, 4) is 0 Å². The summed E-state index contributed by atoms with van der Waals surface area (Å²) in [5.74, 6) is 0.543. The average molecular weight is 366 g/mol. The van der Waals surface area contributed by atoms with Crippen LogP contribution in [0.25, 0.3) is 0 Å². The van der Waals surface area contributed by atoms with E-state index >= 15 is 0 Å². The van der Waals surface area contributed by atoms with Gasteiger partial charge in [-0.3, -0.25) is 4.90 Å². The van der Waals surface area contributed by atoms with Crippen molar-refractivity contribution < 1.29 is 21.6 Å². The highest BCUT2D eigenvalue weighted by Crippen LogP contribution is 2.29. The standard InChI is InChI=1S/C14H21F3N4O2S/c1-24(22,23)19-5-2-6-20-7-9-21(10-8-20)13-4-3-12(11-18-13)14(15,16)17/h3-4,11,19H,2,5-10H2,1H3. The van der Waals surface area contributed by atoms with Crippen LogP contribution >= 0.6 is 0 Å². The van der Waals surface area contributed by atoms with Crippen LogP contribution in [0.4, 0.5) is 19.0 Å². The fourth-order valence-electron chi connectivity index (χ4n) is 2.50. The molecule has 1 aliphatic heterocycles. The van der Waals surface area contributed by atoms with Crippen molar-refractivity contribution in [1.29, 1.82) is 0 Å². The fraction of sp³-hybridized carbons (Fsp3) is 0.643. The first-order valence-electron chi connectivity index (χ1n) is 7.60. The lowest BCUT2D eigenvalue weighted by molar-refractivity contribution is -0.137. The van der Waals surface area contributed by atoms with Gasteiger partial charge in [0, 0.05) is 38.9 Å². The first-order valence-corrected chi connectivity index (χ1v) is 9.49. The van der Waals surface area contributed by atoms with Gasteiger partial charge in [-0.2, -0.15) is 13.2 Å². The predicted octanol–water partition coefficient (Wildman–Crippen LogP) is 1.16. The summed E-state index contributed by atoms with van der Waals surface area (Å²) < 4.78 is 62.0. The third-order valence-electron chi connectivity index (χ3n) is 3.79. The lowest BCUT2D eigenvalue weighted by atomic mass is 10.2. The van der Waals surface area contributed by atoms with E-state index in [4.69, 9.17) is 0 Å². The molecule has 6 nitrogen and oxygen atoms in total. The minimum absolute atomic E-state index is 0.402. The molecule has 2 rings (SSSR count). The molecule has 2 heterocycles. The lowest BCUT2D eigenvalue weighted by Crippen LogP contribution is -2.47. The van der Waals surface area contributed by atoms with E-state index in [2.05, 4.69) is 14.6 Å². The van der Waals surface area contributed by atoms with Crippen LogP contribution in [0.5, 0.6) is 0 Å². The normalized spacial score (nSPS) is 17.2. The van der Waals surface area contributed by atoms with E-state index < -0.39 is 21.8 Å². The maximum Gasteiger partial charge on any atom is 0.417 e. The number of halogens is 3. The van der Waals surface area contributed by atoms with Crippen molar-refractivity contribution in [1.82, 2.24) is 14.6 Å². The Balaban J connectivity index is 1.76. The number of nitrogens with zero attached hydrogens (tertiary/aromatic N) is 3.